The van der Waals surface area contributed by atoms with E-state index in [9.17, 15) is 24.3 Å². The molecule has 0 aliphatic heterocycles. The molecule has 0 bridgehead atoms. The molecule has 2 aliphatic carbocycles. The van der Waals surface area contributed by atoms with Gasteiger partial charge in [0.1, 0.15) is 0 Å². The van der Waals surface area contributed by atoms with Crippen molar-refractivity contribution < 1.29 is 24.3 Å². The molecule has 0 spiro atoms. The molecule has 2 rings (SSSR count). The molecular weight excluding hydrogens is 264 g/mol. The van der Waals surface area contributed by atoms with Crippen molar-refractivity contribution >= 4 is 23.3 Å². The first-order valence-electron chi connectivity index (χ1n) is 6.52. The fraction of sp³-hybridized carbons (Fsp3) is 0.692. The number of likely N-dealkylation sites (N-methyl/N-ethyl adjacent to an activating group) is 1. The van der Waals surface area contributed by atoms with Gasteiger partial charge >= 0.3 is 0 Å². The van der Waals surface area contributed by atoms with Crippen molar-refractivity contribution in [2.45, 2.75) is 30.9 Å². The zero-order valence-corrected chi connectivity index (χ0v) is 11.5. The van der Waals surface area contributed by atoms with E-state index in [4.69, 9.17) is 5.73 Å². The molecule has 0 radical (unpaired) electrons. The number of nitrogens with two attached hydrogens (primary N) is 1. The van der Waals surface area contributed by atoms with Gasteiger partial charge < -0.3 is 10.8 Å². The number of hydrogen-bond donors (Lipinski definition) is 2. The van der Waals surface area contributed by atoms with Gasteiger partial charge in [0.15, 0.2) is 28.9 Å². The molecule has 1 amide bonds. The van der Waals surface area contributed by atoms with Crippen LogP contribution in [0.3, 0.4) is 0 Å². The second-order valence-corrected chi connectivity index (χ2v) is 5.70. The molecule has 2 aliphatic rings. The molecule has 110 valence electrons. The standard InChI is InChI=1S/C13H18N2O5/c1-15(2)9-6-4-3-5-7(16)13(6,20)11(18)8(10(9)17)12(14)19/h6,8-9,20H,3-5H2,1-2H3,(H2,14,19). The summed E-state index contributed by atoms with van der Waals surface area (Å²) in [6.07, 6.45) is 0.963. The van der Waals surface area contributed by atoms with E-state index in [2.05, 4.69) is 0 Å². The Kier molecular flexibility index (Phi) is 3.51. The Balaban J connectivity index is 2.57. The maximum Gasteiger partial charge on any atom is 0.235 e. The summed E-state index contributed by atoms with van der Waals surface area (Å²) in [7, 11) is 3.21. The first kappa shape index (κ1) is 14.8. The Morgan fingerprint density at radius 3 is 2.45 bits per heavy atom. The number of amides is 1. The number of hydrogen-bond acceptors (Lipinski definition) is 6. The third-order valence-corrected chi connectivity index (χ3v) is 4.32. The lowest BCUT2D eigenvalue weighted by atomic mass is 9.59. The first-order chi connectivity index (χ1) is 9.22. The largest absolute Gasteiger partial charge is 0.374 e. The highest BCUT2D eigenvalue weighted by Crippen LogP contribution is 2.42. The monoisotopic (exact) mass is 282 g/mol. The molecule has 7 nitrogen and oxygen atoms in total. The van der Waals surface area contributed by atoms with Crippen molar-refractivity contribution in [2.75, 3.05) is 14.1 Å². The molecule has 0 heterocycles. The summed E-state index contributed by atoms with van der Waals surface area (Å²) in [5.41, 5.74) is 2.85. The third-order valence-electron chi connectivity index (χ3n) is 4.32. The van der Waals surface area contributed by atoms with Gasteiger partial charge in [0.2, 0.25) is 5.91 Å². The molecule has 0 aromatic rings. The number of carbonyl (C=O) groups is 4. The fourth-order valence-corrected chi connectivity index (χ4v) is 3.40. The molecule has 3 N–H and O–H groups in total. The summed E-state index contributed by atoms with van der Waals surface area (Å²) in [5.74, 6) is -5.97. The van der Waals surface area contributed by atoms with Crippen molar-refractivity contribution in [1.29, 1.82) is 0 Å². The number of primary amides is 1. The predicted octanol–water partition coefficient (Wildman–Crippen LogP) is -1.73. The summed E-state index contributed by atoms with van der Waals surface area (Å²) < 4.78 is 0. The maximum absolute atomic E-state index is 12.3. The summed E-state index contributed by atoms with van der Waals surface area (Å²) in [5, 5.41) is 10.6. The predicted molar refractivity (Wildman–Crippen MR) is 67.5 cm³/mol. The molecule has 7 heteroatoms. The van der Waals surface area contributed by atoms with Gasteiger partial charge in [-0.15, -0.1) is 0 Å². The molecule has 0 saturated heterocycles. The first-order valence-corrected chi connectivity index (χ1v) is 6.52. The minimum absolute atomic E-state index is 0.0680. The van der Waals surface area contributed by atoms with E-state index in [-0.39, 0.29) is 6.42 Å². The van der Waals surface area contributed by atoms with Crippen LogP contribution in [0.5, 0.6) is 0 Å². The van der Waals surface area contributed by atoms with Gasteiger partial charge in [0.05, 0.1) is 6.04 Å². The van der Waals surface area contributed by atoms with E-state index in [1.54, 1.807) is 14.1 Å². The Bertz CT molecular complexity index is 501. The van der Waals surface area contributed by atoms with Crippen molar-refractivity contribution in [2.24, 2.45) is 17.6 Å². The van der Waals surface area contributed by atoms with E-state index in [1.165, 1.54) is 4.90 Å². The highest BCUT2D eigenvalue weighted by molar-refractivity contribution is 6.29. The number of Topliss-reactive ketones (excluding diaryl/α,β-unsaturated/α-hetero) is 3. The van der Waals surface area contributed by atoms with Crippen LogP contribution in [-0.2, 0) is 19.2 Å². The Morgan fingerprint density at radius 2 is 1.95 bits per heavy atom. The van der Waals surface area contributed by atoms with Crippen LogP contribution in [0.1, 0.15) is 19.3 Å². The van der Waals surface area contributed by atoms with E-state index in [0.717, 1.165) is 0 Å². The third kappa shape index (κ3) is 1.81. The summed E-state index contributed by atoms with van der Waals surface area (Å²) in [6, 6.07) is -0.862. The molecule has 0 aromatic carbocycles. The number of nitrogens with zero attached hydrogens (tertiary/aromatic N) is 1. The SMILES string of the molecule is CN(C)C1C(=O)C(C(N)=O)C(=O)C2(O)C(=O)CCCC12. The van der Waals surface area contributed by atoms with E-state index in [1.807, 2.05) is 0 Å². The Morgan fingerprint density at radius 1 is 1.35 bits per heavy atom. The molecule has 4 atom stereocenters. The van der Waals surface area contributed by atoms with Crippen molar-refractivity contribution in [3.8, 4) is 0 Å². The van der Waals surface area contributed by atoms with Crippen LogP contribution in [0.25, 0.3) is 0 Å². The highest BCUT2D eigenvalue weighted by Gasteiger charge is 2.64. The Hall–Kier alpha value is -1.60. The lowest BCUT2D eigenvalue weighted by molar-refractivity contribution is -0.176. The van der Waals surface area contributed by atoms with Crippen molar-refractivity contribution in [3.63, 3.8) is 0 Å². The van der Waals surface area contributed by atoms with Gasteiger partial charge in [0.25, 0.3) is 0 Å². The maximum atomic E-state index is 12.3. The second kappa shape index (κ2) is 4.75. The summed E-state index contributed by atoms with van der Waals surface area (Å²) in [6.45, 7) is 0. The van der Waals surface area contributed by atoms with Gasteiger partial charge in [-0.05, 0) is 26.9 Å². The summed E-state index contributed by atoms with van der Waals surface area (Å²) >= 11 is 0. The number of aliphatic hydroxyl groups is 1. The molecular formula is C13H18N2O5. The second-order valence-electron chi connectivity index (χ2n) is 5.70. The van der Waals surface area contributed by atoms with Crippen LogP contribution in [0.4, 0.5) is 0 Å². The van der Waals surface area contributed by atoms with Crippen LogP contribution in [0.15, 0.2) is 0 Å². The fourth-order valence-electron chi connectivity index (χ4n) is 3.40. The van der Waals surface area contributed by atoms with Gasteiger partial charge in [-0.2, -0.15) is 0 Å². The molecule has 4 unspecified atom stereocenters. The molecule has 20 heavy (non-hydrogen) atoms. The van der Waals surface area contributed by atoms with Crippen LogP contribution in [0.2, 0.25) is 0 Å². The Labute approximate surface area is 116 Å². The average Bonchev–Trinajstić information content (AvgIpc) is 2.32. The zero-order chi connectivity index (χ0) is 15.2. The smallest absolute Gasteiger partial charge is 0.235 e. The minimum Gasteiger partial charge on any atom is -0.374 e. The van der Waals surface area contributed by atoms with Crippen LogP contribution < -0.4 is 5.73 Å². The van der Waals surface area contributed by atoms with E-state index >= 15 is 0 Å². The van der Waals surface area contributed by atoms with Crippen LogP contribution >= 0.6 is 0 Å². The zero-order valence-electron chi connectivity index (χ0n) is 11.5. The average molecular weight is 282 g/mol. The van der Waals surface area contributed by atoms with Crippen molar-refractivity contribution in [3.05, 3.63) is 0 Å². The summed E-state index contributed by atoms with van der Waals surface area (Å²) in [4.78, 5) is 49.6. The minimum atomic E-state index is -2.26. The topological polar surface area (TPSA) is 118 Å². The number of fused-ring (bicyclic) bond motifs is 1. The van der Waals surface area contributed by atoms with Crippen molar-refractivity contribution in [1.82, 2.24) is 4.90 Å². The van der Waals surface area contributed by atoms with Gasteiger partial charge in [0, 0.05) is 12.3 Å². The molecule has 2 saturated carbocycles. The van der Waals surface area contributed by atoms with Gasteiger partial charge in [-0.1, -0.05) is 0 Å². The normalized spacial score (nSPS) is 38.0. The number of rotatable bonds is 2. The highest BCUT2D eigenvalue weighted by atomic mass is 16.3. The lowest BCUT2D eigenvalue weighted by Gasteiger charge is -2.47. The van der Waals surface area contributed by atoms with Gasteiger partial charge in [-0.3, -0.25) is 24.1 Å². The number of ketones is 3. The lowest BCUT2D eigenvalue weighted by Crippen LogP contribution is -2.71. The van der Waals surface area contributed by atoms with Gasteiger partial charge in [-0.25, -0.2) is 0 Å². The van der Waals surface area contributed by atoms with Crippen LogP contribution in [0, 0.1) is 11.8 Å². The molecule has 2 fully saturated rings. The molecule has 0 aromatic heterocycles. The van der Waals surface area contributed by atoms with E-state index < -0.39 is 46.7 Å². The number of carbonyl (C=O) groups excluding carboxylic acids is 4. The quantitative estimate of drug-likeness (QED) is 0.581. The van der Waals surface area contributed by atoms with Crippen LogP contribution in [-0.4, -0.2) is 59.0 Å². The van der Waals surface area contributed by atoms with E-state index in [0.29, 0.717) is 12.8 Å².